The molecule has 0 aliphatic carbocycles. The van der Waals surface area contributed by atoms with E-state index in [9.17, 15) is 13.2 Å². The van der Waals surface area contributed by atoms with Crippen molar-refractivity contribution in [2.75, 3.05) is 20.3 Å². The molecule has 4 nitrogen and oxygen atoms in total. The second kappa shape index (κ2) is 7.27. The maximum Gasteiger partial charge on any atom is 0.389 e. The van der Waals surface area contributed by atoms with Crippen LogP contribution in [0.3, 0.4) is 0 Å². The zero-order chi connectivity index (χ0) is 13.4. The van der Waals surface area contributed by atoms with Crippen molar-refractivity contribution in [3.8, 4) is 0 Å². The van der Waals surface area contributed by atoms with Gasteiger partial charge in [-0.25, -0.2) is 9.97 Å². The van der Waals surface area contributed by atoms with Crippen LogP contribution in [0.4, 0.5) is 13.2 Å². The Hall–Kier alpha value is -1.21. The number of rotatable bonds is 7. The predicted molar refractivity (Wildman–Crippen MR) is 60.0 cm³/mol. The Balaban J connectivity index is 2.41. The number of nitrogens with one attached hydrogen (secondary N) is 1. The van der Waals surface area contributed by atoms with Gasteiger partial charge >= 0.3 is 6.18 Å². The quantitative estimate of drug-likeness (QED) is 0.761. The second-order valence-corrected chi connectivity index (χ2v) is 3.75. The van der Waals surface area contributed by atoms with Crippen molar-refractivity contribution in [1.29, 1.82) is 0 Å². The van der Waals surface area contributed by atoms with Gasteiger partial charge in [-0.05, 0) is 6.07 Å². The van der Waals surface area contributed by atoms with E-state index < -0.39 is 12.6 Å². The van der Waals surface area contributed by atoms with E-state index in [2.05, 4.69) is 15.3 Å². The van der Waals surface area contributed by atoms with E-state index in [-0.39, 0.29) is 12.2 Å². The minimum absolute atomic E-state index is 0.185. The summed E-state index contributed by atoms with van der Waals surface area (Å²) in [4.78, 5) is 7.88. The molecule has 0 aliphatic rings. The Morgan fingerprint density at radius 1 is 1.39 bits per heavy atom. The monoisotopic (exact) mass is 263 g/mol. The minimum Gasteiger partial charge on any atom is -0.383 e. The van der Waals surface area contributed by atoms with Gasteiger partial charge in [0.25, 0.3) is 0 Å². The standard InChI is InChI=1S/C11H16F3N3O/c1-18-7-6-15-8-9-3-5-16-10(17-9)2-4-11(12,13)14/h3,5,15H,2,4,6-8H2,1H3. The van der Waals surface area contributed by atoms with Crippen LogP contribution in [-0.4, -0.2) is 36.4 Å². The number of aryl methyl sites for hydroxylation is 1. The molecule has 0 saturated heterocycles. The molecule has 0 bridgehead atoms. The lowest BCUT2D eigenvalue weighted by molar-refractivity contribution is -0.134. The molecule has 102 valence electrons. The van der Waals surface area contributed by atoms with E-state index in [1.54, 1.807) is 13.2 Å². The Morgan fingerprint density at radius 2 is 2.17 bits per heavy atom. The van der Waals surface area contributed by atoms with Crippen LogP contribution < -0.4 is 5.32 Å². The second-order valence-electron chi connectivity index (χ2n) is 3.75. The average molecular weight is 263 g/mol. The molecule has 1 rings (SSSR count). The van der Waals surface area contributed by atoms with Gasteiger partial charge in [-0.3, -0.25) is 0 Å². The van der Waals surface area contributed by atoms with E-state index >= 15 is 0 Å². The normalized spacial score (nSPS) is 11.8. The molecule has 0 radical (unpaired) electrons. The lowest BCUT2D eigenvalue weighted by Crippen LogP contribution is -2.19. The highest BCUT2D eigenvalue weighted by atomic mass is 19.4. The number of methoxy groups -OCH3 is 1. The van der Waals surface area contributed by atoms with E-state index in [0.717, 1.165) is 0 Å². The van der Waals surface area contributed by atoms with Crippen LogP contribution in [-0.2, 0) is 17.7 Å². The fourth-order valence-corrected chi connectivity index (χ4v) is 1.30. The molecule has 0 aromatic carbocycles. The summed E-state index contributed by atoms with van der Waals surface area (Å²) < 4.78 is 41.0. The van der Waals surface area contributed by atoms with Crippen LogP contribution in [0.2, 0.25) is 0 Å². The lowest BCUT2D eigenvalue weighted by atomic mass is 10.3. The predicted octanol–water partition coefficient (Wildman–Crippen LogP) is 1.71. The van der Waals surface area contributed by atoms with Crippen molar-refractivity contribution in [2.45, 2.75) is 25.6 Å². The number of nitrogens with zero attached hydrogens (tertiary/aromatic N) is 2. The number of ether oxygens (including phenoxy) is 1. The molecule has 0 spiro atoms. The van der Waals surface area contributed by atoms with Gasteiger partial charge in [0, 0.05) is 32.8 Å². The van der Waals surface area contributed by atoms with Crippen LogP contribution in [0, 0.1) is 0 Å². The summed E-state index contributed by atoms with van der Waals surface area (Å²) >= 11 is 0. The molecule has 1 aromatic rings. The van der Waals surface area contributed by atoms with Crippen LogP contribution >= 0.6 is 0 Å². The zero-order valence-electron chi connectivity index (χ0n) is 10.1. The SMILES string of the molecule is COCCNCc1ccnc(CCC(F)(F)F)n1. The first-order valence-electron chi connectivity index (χ1n) is 5.58. The third kappa shape index (κ3) is 6.51. The zero-order valence-corrected chi connectivity index (χ0v) is 10.1. The third-order valence-electron chi connectivity index (χ3n) is 2.18. The van der Waals surface area contributed by atoms with Crippen LogP contribution in [0.1, 0.15) is 17.9 Å². The highest BCUT2D eigenvalue weighted by Gasteiger charge is 2.27. The van der Waals surface area contributed by atoms with E-state index in [0.29, 0.717) is 25.4 Å². The van der Waals surface area contributed by atoms with Crippen molar-refractivity contribution in [3.05, 3.63) is 23.8 Å². The lowest BCUT2D eigenvalue weighted by Gasteiger charge is -2.07. The van der Waals surface area contributed by atoms with Crippen molar-refractivity contribution >= 4 is 0 Å². The number of aromatic nitrogens is 2. The summed E-state index contributed by atoms with van der Waals surface area (Å²) in [7, 11) is 1.60. The van der Waals surface area contributed by atoms with Gasteiger partial charge in [-0.1, -0.05) is 0 Å². The van der Waals surface area contributed by atoms with Gasteiger partial charge in [-0.2, -0.15) is 13.2 Å². The first kappa shape index (κ1) is 14.8. The largest absolute Gasteiger partial charge is 0.389 e. The summed E-state index contributed by atoms with van der Waals surface area (Å²) in [6.07, 6.45) is -3.77. The molecule has 0 amide bonds. The van der Waals surface area contributed by atoms with Gasteiger partial charge in [0.15, 0.2) is 0 Å². The fourth-order valence-electron chi connectivity index (χ4n) is 1.30. The third-order valence-corrected chi connectivity index (χ3v) is 2.18. The molecular formula is C11H16F3N3O. The number of alkyl halides is 3. The maximum atomic E-state index is 12.0. The maximum absolute atomic E-state index is 12.0. The van der Waals surface area contributed by atoms with E-state index in [1.165, 1.54) is 6.20 Å². The van der Waals surface area contributed by atoms with Gasteiger partial charge in [-0.15, -0.1) is 0 Å². The summed E-state index contributed by atoms with van der Waals surface area (Å²) in [5.41, 5.74) is 0.679. The molecule has 1 N–H and O–H groups in total. The van der Waals surface area contributed by atoms with E-state index in [1.807, 2.05) is 0 Å². The van der Waals surface area contributed by atoms with Crippen LogP contribution in [0.25, 0.3) is 0 Å². The summed E-state index contributed by atoms with van der Waals surface area (Å²) in [5.74, 6) is 0.221. The Kier molecular flexibility index (Phi) is 6.00. The first-order chi connectivity index (χ1) is 8.51. The topological polar surface area (TPSA) is 47.0 Å². The average Bonchev–Trinajstić information content (AvgIpc) is 2.32. The summed E-state index contributed by atoms with van der Waals surface area (Å²) in [5, 5.41) is 3.06. The molecule has 18 heavy (non-hydrogen) atoms. The van der Waals surface area contributed by atoms with Gasteiger partial charge in [0.05, 0.1) is 18.7 Å². The molecular weight excluding hydrogens is 247 g/mol. The van der Waals surface area contributed by atoms with Crippen molar-refractivity contribution in [1.82, 2.24) is 15.3 Å². The van der Waals surface area contributed by atoms with Crippen molar-refractivity contribution in [2.24, 2.45) is 0 Å². The first-order valence-corrected chi connectivity index (χ1v) is 5.58. The Labute approximate surface area is 104 Å². The molecule has 7 heteroatoms. The molecule has 0 fully saturated rings. The number of hydrogen-bond donors (Lipinski definition) is 1. The van der Waals surface area contributed by atoms with Crippen molar-refractivity contribution < 1.29 is 17.9 Å². The van der Waals surface area contributed by atoms with Gasteiger partial charge in [0.1, 0.15) is 5.82 Å². The van der Waals surface area contributed by atoms with Crippen molar-refractivity contribution in [3.63, 3.8) is 0 Å². The Morgan fingerprint density at radius 3 is 2.83 bits per heavy atom. The highest BCUT2D eigenvalue weighted by molar-refractivity contribution is 5.02. The molecule has 0 unspecified atom stereocenters. The molecule has 0 aliphatic heterocycles. The summed E-state index contributed by atoms with van der Waals surface area (Å²) in [6, 6.07) is 1.68. The summed E-state index contributed by atoms with van der Waals surface area (Å²) in [6.45, 7) is 1.73. The molecule has 1 aromatic heterocycles. The van der Waals surface area contributed by atoms with Gasteiger partial charge < -0.3 is 10.1 Å². The van der Waals surface area contributed by atoms with Crippen LogP contribution in [0.5, 0.6) is 0 Å². The minimum atomic E-state index is -4.17. The number of hydrogen-bond acceptors (Lipinski definition) is 4. The molecule has 0 saturated carbocycles. The Bertz CT molecular complexity index is 358. The van der Waals surface area contributed by atoms with E-state index in [4.69, 9.17) is 4.74 Å². The number of halogens is 3. The highest BCUT2D eigenvalue weighted by Crippen LogP contribution is 2.20. The molecule has 0 atom stereocenters. The van der Waals surface area contributed by atoms with Crippen LogP contribution in [0.15, 0.2) is 12.3 Å². The van der Waals surface area contributed by atoms with Gasteiger partial charge in [0.2, 0.25) is 0 Å². The fraction of sp³-hybridized carbons (Fsp3) is 0.636. The smallest absolute Gasteiger partial charge is 0.383 e. The molecule has 1 heterocycles.